The maximum absolute atomic E-state index is 8.79. The molecular formula is C7H15BrO2. The van der Waals surface area contributed by atoms with Crippen molar-refractivity contribution in [1.29, 1.82) is 0 Å². The summed E-state index contributed by atoms with van der Waals surface area (Å²) in [6.45, 7) is 2.12. The molecule has 0 aromatic rings. The fourth-order valence-electron chi connectivity index (χ4n) is 0.777. The second-order valence-corrected chi connectivity index (χ2v) is 3.80. The normalized spacial score (nSPS) is 12.0. The zero-order chi connectivity index (χ0) is 8.04. The first kappa shape index (κ1) is 10.4. The van der Waals surface area contributed by atoms with Crippen LogP contribution in [0.1, 0.15) is 39.0 Å². The van der Waals surface area contributed by atoms with Gasteiger partial charge in [0, 0.05) is 6.42 Å². The van der Waals surface area contributed by atoms with E-state index in [9.17, 15) is 0 Å². The second-order valence-electron chi connectivity index (χ2n) is 2.53. The van der Waals surface area contributed by atoms with E-state index in [1.165, 1.54) is 12.8 Å². The number of hydrogen-bond acceptors (Lipinski definition) is 2. The number of halogens is 1. The minimum atomic E-state index is -1.64. The summed E-state index contributed by atoms with van der Waals surface area (Å²) in [5, 5.41) is 17.6. The first-order chi connectivity index (χ1) is 4.56. The zero-order valence-electron chi connectivity index (χ0n) is 6.31. The summed E-state index contributed by atoms with van der Waals surface area (Å²) < 4.78 is -1.64. The molecule has 0 rings (SSSR count). The van der Waals surface area contributed by atoms with Crippen LogP contribution in [0.4, 0.5) is 0 Å². The van der Waals surface area contributed by atoms with Crippen LogP contribution in [0, 0.1) is 0 Å². The lowest BCUT2D eigenvalue weighted by Crippen LogP contribution is -2.17. The van der Waals surface area contributed by atoms with Crippen molar-refractivity contribution in [3.8, 4) is 0 Å². The predicted molar refractivity (Wildman–Crippen MR) is 44.9 cm³/mol. The summed E-state index contributed by atoms with van der Waals surface area (Å²) in [5.74, 6) is 0. The van der Waals surface area contributed by atoms with E-state index in [1.807, 2.05) is 0 Å². The average molecular weight is 211 g/mol. The van der Waals surface area contributed by atoms with Crippen molar-refractivity contribution in [2.24, 2.45) is 0 Å². The molecule has 0 spiro atoms. The van der Waals surface area contributed by atoms with Crippen molar-refractivity contribution >= 4 is 15.9 Å². The minimum Gasteiger partial charge on any atom is -0.357 e. The number of rotatable bonds is 5. The zero-order valence-corrected chi connectivity index (χ0v) is 7.89. The van der Waals surface area contributed by atoms with Gasteiger partial charge in [-0.2, -0.15) is 0 Å². The molecule has 0 aromatic carbocycles. The summed E-state index contributed by atoms with van der Waals surface area (Å²) >= 11 is 2.74. The highest BCUT2D eigenvalue weighted by Crippen LogP contribution is 2.18. The molecule has 0 saturated carbocycles. The molecule has 0 amide bonds. The van der Waals surface area contributed by atoms with Gasteiger partial charge in [-0.25, -0.2) is 0 Å². The van der Waals surface area contributed by atoms with Crippen molar-refractivity contribution in [3.63, 3.8) is 0 Å². The molecule has 0 bridgehead atoms. The fraction of sp³-hybridized carbons (Fsp3) is 1.00. The lowest BCUT2D eigenvalue weighted by Gasteiger charge is -2.12. The molecule has 0 saturated heterocycles. The van der Waals surface area contributed by atoms with E-state index in [1.54, 1.807) is 0 Å². The van der Waals surface area contributed by atoms with Crippen molar-refractivity contribution in [2.45, 2.75) is 43.7 Å². The van der Waals surface area contributed by atoms with Gasteiger partial charge in [0.25, 0.3) is 0 Å². The van der Waals surface area contributed by atoms with Crippen LogP contribution in [-0.4, -0.2) is 14.9 Å². The summed E-state index contributed by atoms with van der Waals surface area (Å²) in [7, 11) is 0. The molecule has 0 aromatic heterocycles. The monoisotopic (exact) mass is 210 g/mol. The van der Waals surface area contributed by atoms with Crippen LogP contribution < -0.4 is 0 Å². The van der Waals surface area contributed by atoms with Crippen molar-refractivity contribution in [1.82, 2.24) is 0 Å². The van der Waals surface area contributed by atoms with E-state index in [0.717, 1.165) is 12.8 Å². The third-order valence-electron chi connectivity index (χ3n) is 1.35. The Morgan fingerprint density at radius 1 is 1.20 bits per heavy atom. The smallest absolute Gasteiger partial charge is 0.221 e. The van der Waals surface area contributed by atoms with Gasteiger partial charge in [0.15, 0.2) is 0 Å². The molecule has 2 N–H and O–H groups in total. The second kappa shape index (κ2) is 5.10. The summed E-state index contributed by atoms with van der Waals surface area (Å²) in [6.07, 6.45) is 4.69. The number of alkyl halides is 1. The van der Waals surface area contributed by atoms with Gasteiger partial charge in [-0.05, 0) is 22.4 Å². The highest BCUT2D eigenvalue weighted by Gasteiger charge is 2.15. The van der Waals surface area contributed by atoms with Crippen LogP contribution in [0.2, 0.25) is 0 Å². The van der Waals surface area contributed by atoms with Crippen LogP contribution in [0.5, 0.6) is 0 Å². The van der Waals surface area contributed by atoms with Crippen molar-refractivity contribution in [2.75, 3.05) is 0 Å². The molecule has 3 heteroatoms. The summed E-state index contributed by atoms with van der Waals surface area (Å²) in [5.41, 5.74) is 0. The van der Waals surface area contributed by atoms with Gasteiger partial charge in [-0.15, -0.1) is 0 Å². The average Bonchev–Trinajstić information content (AvgIpc) is 1.78. The molecule has 10 heavy (non-hydrogen) atoms. The molecule has 2 nitrogen and oxygen atoms in total. The standard InChI is InChI=1S/C7H15BrO2/c1-2-3-4-5-6-7(8,9)10/h9-10H,2-6H2,1H3. The van der Waals surface area contributed by atoms with Gasteiger partial charge < -0.3 is 10.2 Å². The Hall–Kier alpha value is 0.400. The van der Waals surface area contributed by atoms with E-state index in [0.29, 0.717) is 6.42 Å². The number of aliphatic hydroxyl groups is 2. The molecule has 0 aliphatic heterocycles. The van der Waals surface area contributed by atoms with E-state index < -0.39 is 4.70 Å². The van der Waals surface area contributed by atoms with Crippen LogP contribution in [0.25, 0.3) is 0 Å². The number of unbranched alkanes of at least 4 members (excludes halogenated alkanes) is 3. The molecule has 0 aliphatic carbocycles. The van der Waals surface area contributed by atoms with Gasteiger partial charge in [0.05, 0.1) is 0 Å². The molecule has 0 fully saturated rings. The Morgan fingerprint density at radius 2 is 1.80 bits per heavy atom. The first-order valence-corrected chi connectivity index (χ1v) is 4.49. The molecular weight excluding hydrogens is 196 g/mol. The molecule has 0 radical (unpaired) electrons. The first-order valence-electron chi connectivity index (χ1n) is 3.70. The van der Waals surface area contributed by atoms with E-state index >= 15 is 0 Å². The lowest BCUT2D eigenvalue weighted by molar-refractivity contribution is -0.0753. The van der Waals surface area contributed by atoms with Crippen LogP contribution in [0.15, 0.2) is 0 Å². The van der Waals surface area contributed by atoms with Crippen LogP contribution in [0.3, 0.4) is 0 Å². The van der Waals surface area contributed by atoms with Crippen molar-refractivity contribution < 1.29 is 10.2 Å². The summed E-state index contributed by atoms with van der Waals surface area (Å²) in [4.78, 5) is 0. The molecule has 0 unspecified atom stereocenters. The van der Waals surface area contributed by atoms with E-state index in [2.05, 4.69) is 22.9 Å². The van der Waals surface area contributed by atoms with E-state index in [4.69, 9.17) is 10.2 Å². The fourth-order valence-corrected chi connectivity index (χ4v) is 1.06. The predicted octanol–water partition coefficient (Wildman–Crippen LogP) is 1.99. The molecule has 62 valence electrons. The SMILES string of the molecule is CCCCCCC(O)(O)Br. The van der Waals surface area contributed by atoms with Crippen molar-refractivity contribution in [3.05, 3.63) is 0 Å². The molecule has 0 aliphatic rings. The topological polar surface area (TPSA) is 40.5 Å². The Labute approximate surface area is 70.4 Å². The van der Waals surface area contributed by atoms with Gasteiger partial charge in [0.1, 0.15) is 0 Å². The van der Waals surface area contributed by atoms with Gasteiger partial charge in [0.2, 0.25) is 4.70 Å². The number of hydrogen-bond donors (Lipinski definition) is 2. The van der Waals surface area contributed by atoms with Gasteiger partial charge in [-0.3, -0.25) is 0 Å². The Morgan fingerprint density at radius 3 is 2.20 bits per heavy atom. The van der Waals surface area contributed by atoms with Crippen LogP contribution in [-0.2, 0) is 0 Å². The van der Waals surface area contributed by atoms with E-state index in [-0.39, 0.29) is 0 Å². The summed E-state index contributed by atoms with van der Waals surface area (Å²) in [6, 6.07) is 0. The molecule has 0 heterocycles. The maximum Gasteiger partial charge on any atom is 0.221 e. The Kier molecular flexibility index (Phi) is 5.31. The third-order valence-corrected chi connectivity index (χ3v) is 1.74. The van der Waals surface area contributed by atoms with Crippen LogP contribution >= 0.6 is 15.9 Å². The molecule has 0 atom stereocenters. The van der Waals surface area contributed by atoms with Gasteiger partial charge in [-0.1, -0.05) is 26.2 Å². The highest BCUT2D eigenvalue weighted by atomic mass is 79.9. The highest BCUT2D eigenvalue weighted by molar-refractivity contribution is 9.09. The third kappa shape index (κ3) is 8.40. The van der Waals surface area contributed by atoms with Gasteiger partial charge >= 0.3 is 0 Å². The lowest BCUT2D eigenvalue weighted by atomic mass is 10.1. The quantitative estimate of drug-likeness (QED) is 0.414. The Bertz CT molecular complexity index is 78.2. The Balaban J connectivity index is 3.04. The minimum absolute atomic E-state index is 0.410. The maximum atomic E-state index is 8.79. The largest absolute Gasteiger partial charge is 0.357 e.